The number of carbonyl (C=O) groups excluding carboxylic acids is 3. The molecule has 2 aromatic rings. The van der Waals surface area contributed by atoms with Crippen LogP contribution < -0.4 is 10.6 Å². The van der Waals surface area contributed by atoms with Gasteiger partial charge < -0.3 is 10.6 Å². The van der Waals surface area contributed by atoms with Crippen molar-refractivity contribution in [3.63, 3.8) is 0 Å². The minimum atomic E-state index is -4.60. The van der Waals surface area contributed by atoms with Crippen LogP contribution in [0.1, 0.15) is 11.1 Å². The molecule has 0 aromatic heterocycles. The van der Waals surface area contributed by atoms with Gasteiger partial charge in [0.25, 0.3) is 11.6 Å². The minimum Gasteiger partial charge on any atom is -0.325 e. The van der Waals surface area contributed by atoms with Gasteiger partial charge in [0, 0.05) is 17.8 Å². The number of nitro benzene ring substituents is 1. The van der Waals surface area contributed by atoms with Crippen molar-refractivity contribution < 1.29 is 32.5 Å². The highest BCUT2D eigenvalue weighted by molar-refractivity contribution is 6.15. The molecule has 0 radical (unpaired) electrons. The quantitative estimate of drug-likeness (QED) is 0.324. The molecule has 9 nitrogen and oxygen atoms in total. The van der Waals surface area contributed by atoms with Crippen molar-refractivity contribution in [2.45, 2.75) is 6.18 Å². The number of amides is 4. The van der Waals surface area contributed by atoms with Crippen LogP contribution in [0.5, 0.6) is 0 Å². The van der Waals surface area contributed by atoms with E-state index >= 15 is 0 Å². The van der Waals surface area contributed by atoms with E-state index in [2.05, 4.69) is 10.6 Å². The van der Waals surface area contributed by atoms with Crippen molar-refractivity contribution in [3.05, 3.63) is 75.5 Å². The minimum absolute atomic E-state index is 0.153. The van der Waals surface area contributed by atoms with Gasteiger partial charge in [-0.25, -0.2) is 9.69 Å². The van der Waals surface area contributed by atoms with Gasteiger partial charge in [-0.3, -0.25) is 19.7 Å². The fourth-order valence-corrected chi connectivity index (χ4v) is 2.73. The molecule has 1 heterocycles. The number of rotatable bonds is 5. The van der Waals surface area contributed by atoms with Crippen LogP contribution >= 0.6 is 0 Å². The van der Waals surface area contributed by atoms with Gasteiger partial charge in [0.1, 0.15) is 12.2 Å². The zero-order chi connectivity index (χ0) is 22.8. The number of anilines is 1. The zero-order valence-electron chi connectivity index (χ0n) is 15.5. The molecule has 1 aliphatic heterocycles. The number of halogens is 3. The summed E-state index contributed by atoms with van der Waals surface area (Å²) in [7, 11) is 0. The van der Waals surface area contributed by atoms with Gasteiger partial charge in [-0.15, -0.1) is 0 Å². The summed E-state index contributed by atoms with van der Waals surface area (Å²) < 4.78 is 38.3. The average Bonchev–Trinajstić information content (AvgIpc) is 2.95. The van der Waals surface area contributed by atoms with Crippen molar-refractivity contribution in [2.24, 2.45) is 0 Å². The number of imide groups is 1. The first kappa shape index (κ1) is 21.5. The standard InChI is InChI=1S/C19H13F3N4O5/c20-19(21,22)12-4-2-5-13(9-12)23-16(27)10-25-17(28)15(24-18(25)29)8-11-3-1-6-14(7-11)26(30)31/h1-9H,10H2,(H,23,27)(H,24,29)/b15-8-. The number of hydrogen-bond acceptors (Lipinski definition) is 5. The normalized spacial score (nSPS) is 15.2. The van der Waals surface area contributed by atoms with E-state index in [0.717, 1.165) is 18.2 Å². The Hall–Kier alpha value is -4.22. The van der Waals surface area contributed by atoms with E-state index < -0.39 is 41.1 Å². The van der Waals surface area contributed by atoms with Crippen LogP contribution in [0.2, 0.25) is 0 Å². The average molecular weight is 434 g/mol. The SMILES string of the molecule is O=C(CN1C(=O)N/C(=C\c2cccc([N+](=O)[O-])c2)C1=O)Nc1cccc(C(F)(F)F)c1. The van der Waals surface area contributed by atoms with Crippen molar-refractivity contribution in [3.8, 4) is 0 Å². The summed E-state index contributed by atoms with van der Waals surface area (Å²) in [5, 5.41) is 15.3. The second-order valence-corrected chi connectivity index (χ2v) is 6.36. The molecule has 3 rings (SSSR count). The van der Waals surface area contributed by atoms with E-state index in [1.807, 2.05) is 0 Å². The van der Waals surface area contributed by atoms with E-state index in [1.165, 1.54) is 36.4 Å². The second kappa shape index (κ2) is 8.26. The predicted molar refractivity (Wildman–Crippen MR) is 101 cm³/mol. The number of carbonyl (C=O) groups is 3. The highest BCUT2D eigenvalue weighted by Crippen LogP contribution is 2.30. The highest BCUT2D eigenvalue weighted by Gasteiger charge is 2.35. The molecule has 1 saturated heterocycles. The van der Waals surface area contributed by atoms with E-state index in [4.69, 9.17) is 0 Å². The first-order valence-corrected chi connectivity index (χ1v) is 8.61. The molecule has 0 saturated carbocycles. The summed E-state index contributed by atoms with van der Waals surface area (Å²) in [6, 6.07) is 8.28. The van der Waals surface area contributed by atoms with Crippen LogP contribution in [-0.4, -0.2) is 34.2 Å². The van der Waals surface area contributed by atoms with Crippen LogP contribution in [-0.2, 0) is 15.8 Å². The molecule has 1 aliphatic rings. The monoisotopic (exact) mass is 434 g/mol. The molecule has 0 atom stereocenters. The first-order valence-electron chi connectivity index (χ1n) is 8.61. The maximum absolute atomic E-state index is 12.8. The van der Waals surface area contributed by atoms with E-state index in [0.29, 0.717) is 4.90 Å². The third-order valence-electron chi connectivity index (χ3n) is 4.13. The van der Waals surface area contributed by atoms with E-state index in [-0.39, 0.29) is 22.6 Å². The van der Waals surface area contributed by atoms with Crippen LogP contribution in [0.15, 0.2) is 54.2 Å². The van der Waals surface area contributed by atoms with Crippen LogP contribution in [0, 0.1) is 10.1 Å². The summed E-state index contributed by atoms with van der Waals surface area (Å²) in [6.07, 6.45) is -3.39. The fraction of sp³-hybridized carbons (Fsp3) is 0.105. The van der Waals surface area contributed by atoms with Crippen LogP contribution in [0.4, 0.5) is 29.3 Å². The highest BCUT2D eigenvalue weighted by atomic mass is 19.4. The second-order valence-electron chi connectivity index (χ2n) is 6.36. The zero-order valence-corrected chi connectivity index (χ0v) is 15.5. The van der Waals surface area contributed by atoms with E-state index in [1.54, 1.807) is 0 Å². The van der Waals surface area contributed by atoms with Crippen molar-refractivity contribution in [2.75, 3.05) is 11.9 Å². The largest absolute Gasteiger partial charge is 0.416 e. The van der Waals surface area contributed by atoms with E-state index in [9.17, 15) is 37.7 Å². The Balaban J connectivity index is 1.71. The Morgan fingerprint density at radius 3 is 2.55 bits per heavy atom. The summed E-state index contributed by atoms with van der Waals surface area (Å²) in [5.41, 5.74) is -1.28. The Kier molecular flexibility index (Phi) is 5.72. The molecule has 1 fully saturated rings. The molecule has 2 aromatic carbocycles. The van der Waals surface area contributed by atoms with Crippen LogP contribution in [0.3, 0.4) is 0 Å². The van der Waals surface area contributed by atoms with Crippen LogP contribution in [0.25, 0.3) is 6.08 Å². The molecular formula is C19H13F3N4O5. The smallest absolute Gasteiger partial charge is 0.325 e. The summed E-state index contributed by atoms with van der Waals surface area (Å²) in [6.45, 7) is -0.743. The van der Waals surface area contributed by atoms with Crippen molar-refractivity contribution >= 4 is 35.3 Å². The lowest BCUT2D eigenvalue weighted by Gasteiger charge is -2.13. The molecule has 31 heavy (non-hydrogen) atoms. The Morgan fingerprint density at radius 2 is 1.87 bits per heavy atom. The van der Waals surface area contributed by atoms with Gasteiger partial charge in [-0.05, 0) is 29.8 Å². The fourth-order valence-electron chi connectivity index (χ4n) is 2.73. The third-order valence-corrected chi connectivity index (χ3v) is 4.13. The van der Waals surface area contributed by atoms with Gasteiger partial charge in [-0.2, -0.15) is 13.2 Å². The van der Waals surface area contributed by atoms with Gasteiger partial charge in [-0.1, -0.05) is 18.2 Å². The number of nitrogens with zero attached hydrogens (tertiary/aromatic N) is 2. The Labute approximate surface area is 172 Å². The molecule has 160 valence electrons. The number of alkyl halides is 3. The van der Waals surface area contributed by atoms with Crippen molar-refractivity contribution in [1.29, 1.82) is 0 Å². The van der Waals surface area contributed by atoms with Gasteiger partial charge in [0.15, 0.2) is 0 Å². The molecule has 4 amide bonds. The summed E-state index contributed by atoms with van der Waals surface area (Å²) in [4.78, 5) is 47.4. The number of urea groups is 1. The first-order chi connectivity index (χ1) is 14.5. The molecule has 0 aliphatic carbocycles. The number of nitrogens with one attached hydrogen (secondary N) is 2. The van der Waals surface area contributed by atoms with Gasteiger partial charge in [0.2, 0.25) is 5.91 Å². The number of benzene rings is 2. The predicted octanol–water partition coefficient (Wildman–Crippen LogP) is 3.15. The molecule has 0 spiro atoms. The van der Waals surface area contributed by atoms with Gasteiger partial charge >= 0.3 is 12.2 Å². The Morgan fingerprint density at radius 1 is 1.16 bits per heavy atom. The number of nitro groups is 1. The number of non-ortho nitro benzene ring substituents is 1. The topological polar surface area (TPSA) is 122 Å². The Bertz CT molecular complexity index is 1110. The van der Waals surface area contributed by atoms with Gasteiger partial charge in [0.05, 0.1) is 10.5 Å². The summed E-state index contributed by atoms with van der Waals surface area (Å²) >= 11 is 0. The lowest BCUT2D eigenvalue weighted by Crippen LogP contribution is -2.38. The number of hydrogen-bond donors (Lipinski definition) is 2. The molecule has 0 bridgehead atoms. The molecule has 12 heteroatoms. The lowest BCUT2D eigenvalue weighted by atomic mass is 10.1. The maximum atomic E-state index is 12.8. The summed E-state index contributed by atoms with van der Waals surface area (Å²) in [5.74, 6) is -1.75. The lowest BCUT2D eigenvalue weighted by molar-refractivity contribution is -0.384. The van der Waals surface area contributed by atoms with Crippen molar-refractivity contribution in [1.82, 2.24) is 10.2 Å². The molecule has 0 unspecified atom stereocenters. The molecule has 2 N–H and O–H groups in total. The maximum Gasteiger partial charge on any atom is 0.416 e. The molecular weight excluding hydrogens is 421 g/mol. The third kappa shape index (κ3) is 5.04.